The van der Waals surface area contributed by atoms with Crippen LogP contribution >= 0.6 is 0 Å². The number of hydrogen-bond acceptors (Lipinski definition) is 3. The van der Waals surface area contributed by atoms with Crippen molar-refractivity contribution in [2.75, 3.05) is 7.11 Å². The first-order valence-electron chi connectivity index (χ1n) is 7.58. The Morgan fingerprint density at radius 1 is 1.22 bits per heavy atom. The minimum Gasteiger partial charge on any atom is -0.496 e. The van der Waals surface area contributed by atoms with Gasteiger partial charge in [-0.05, 0) is 30.2 Å². The van der Waals surface area contributed by atoms with Crippen LogP contribution in [0.4, 0.5) is 0 Å². The van der Waals surface area contributed by atoms with Gasteiger partial charge in [-0.25, -0.2) is 0 Å². The molecule has 0 saturated heterocycles. The summed E-state index contributed by atoms with van der Waals surface area (Å²) in [4.78, 5) is 11.6. The predicted molar refractivity (Wildman–Crippen MR) is 92.4 cm³/mol. The summed E-state index contributed by atoms with van der Waals surface area (Å²) in [6, 6.07) is 10.7. The number of furan rings is 1. The second-order valence-electron chi connectivity index (χ2n) is 5.64. The highest BCUT2D eigenvalue weighted by Gasteiger charge is 2.21. The minimum atomic E-state index is -0.406. The molecule has 0 aliphatic rings. The van der Waals surface area contributed by atoms with Gasteiger partial charge in [0.25, 0.3) is 0 Å². The lowest BCUT2D eigenvalue weighted by molar-refractivity contribution is -0.117. The highest BCUT2D eigenvalue weighted by Crippen LogP contribution is 2.30. The lowest BCUT2D eigenvalue weighted by atomic mass is 10.0. The van der Waals surface area contributed by atoms with Gasteiger partial charge in [0.1, 0.15) is 17.6 Å². The quantitative estimate of drug-likeness (QED) is 0.835. The lowest BCUT2D eigenvalue weighted by Gasteiger charge is -2.18. The molecule has 0 aliphatic heterocycles. The molecule has 0 spiro atoms. The molecule has 1 heterocycles. The molecule has 23 heavy (non-hydrogen) atoms. The number of para-hydroxylation sites is 1. The zero-order valence-electron chi connectivity index (χ0n) is 14.2. The first kappa shape index (κ1) is 18.6. The molecule has 1 aromatic carbocycles. The van der Waals surface area contributed by atoms with E-state index < -0.39 is 6.04 Å². The topological polar surface area (TPSA) is 51.5 Å². The lowest BCUT2D eigenvalue weighted by Crippen LogP contribution is -2.27. The fourth-order valence-corrected chi connectivity index (χ4v) is 1.86. The van der Waals surface area contributed by atoms with E-state index in [1.807, 2.05) is 24.3 Å². The molecule has 2 aromatic rings. The summed E-state index contributed by atoms with van der Waals surface area (Å²) in [5.74, 6) is 1.89. The molecule has 4 heteroatoms. The smallest absolute Gasteiger partial charge is 0.244 e. The van der Waals surface area contributed by atoms with Gasteiger partial charge < -0.3 is 14.5 Å². The summed E-state index contributed by atoms with van der Waals surface area (Å²) in [7, 11) is 1.59. The zero-order chi connectivity index (χ0) is 17.2. The van der Waals surface area contributed by atoms with Crippen LogP contribution in [0.5, 0.6) is 5.75 Å². The molecule has 1 atom stereocenters. The number of amides is 1. The maximum absolute atomic E-state index is 11.6. The molecule has 124 valence electrons. The summed E-state index contributed by atoms with van der Waals surface area (Å²) in [6.07, 6.45) is 2.79. The molecule has 0 fully saturated rings. The van der Waals surface area contributed by atoms with Crippen molar-refractivity contribution in [3.05, 3.63) is 66.6 Å². The van der Waals surface area contributed by atoms with Gasteiger partial charge in [-0.2, -0.15) is 0 Å². The molecule has 0 saturated carbocycles. The molecular weight excluding hydrogens is 290 g/mol. The van der Waals surface area contributed by atoms with E-state index in [4.69, 9.17) is 9.15 Å². The Labute approximate surface area is 138 Å². The van der Waals surface area contributed by atoms with Gasteiger partial charge in [-0.15, -0.1) is 0 Å². The third kappa shape index (κ3) is 6.02. The van der Waals surface area contributed by atoms with E-state index in [9.17, 15) is 4.79 Å². The van der Waals surface area contributed by atoms with Crippen molar-refractivity contribution >= 4 is 5.91 Å². The zero-order valence-corrected chi connectivity index (χ0v) is 14.2. The van der Waals surface area contributed by atoms with Crippen molar-refractivity contribution < 1.29 is 13.9 Å². The van der Waals surface area contributed by atoms with Gasteiger partial charge in [0.2, 0.25) is 5.91 Å². The Balaban J connectivity index is 0.000000593. The number of carbonyl (C=O) groups excluding carboxylic acids is 1. The standard InChI is InChI=1S/C15H15NO3.C4H10/c1-3-14(17)16-15(13-9-6-10-19-13)11-7-4-5-8-12(11)18-2;1-4(2)3/h3-10,15H,1H2,2H3,(H,16,17);4H,1-3H3. The monoisotopic (exact) mass is 315 g/mol. The van der Waals surface area contributed by atoms with Crippen LogP contribution in [0, 0.1) is 5.92 Å². The molecule has 2 rings (SSSR count). The third-order valence-electron chi connectivity index (χ3n) is 2.75. The van der Waals surface area contributed by atoms with E-state index in [0.29, 0.717) is 11.5 Å². The third-order valence-corrected chi connectivity index (χ3v) is 2.75. The van der Waals surface area contributed by atoms with Crippen LogP contribution in [0.3, 0.4) is 0 Å². The molecule has 0 bridgehead atoms. The van der Waals surface area contributed by atoms with Crippen LogP contribution in [0.2, 0.25) is 0 Å². The maximum atomic E-state index is 11.6. The summed E-state index contributed by atoms with van der Waals surface area (Å²) < 4.78 is 10.7. The van der Waals surface area contributed by atoms with E-state index in [1.165, 1.54) is 6.08 Å². The highest BCUT2D eigenvalue weighted by atomic mass is 16.5. The van der Waals surface area contributed by atoms with E-state index in [0.717, 1.165) is 11.5 Å². The minimum absolute atomic E-state index is 0.271. The Morgan fingerprint density at radius 2 is 1.87 bits per heavy atom. The molecule has 4 nitrogen and oxygen atoms in total. The van der Waals surface area contributed by atoms with Crippen molar-refractivity contribution in [2.24, 2.45) is 5.92 Å². The number of benzene rings is 1. The number of carbonyl (C=O) groups is 1. The average Bonchev–Trinajstić information content (AvgIpc) is 3.06. The molecule has 1 N–H and O–H groups in total. The van der Waals surface area contributed by atoms with Gasteiger partial charge in [0, 0.05) is 5.56 Å². The fraction of sp³-hybridized carbons (Fsp3) is 0.316. The van der Waals surface area contributed by atoms with Crippen LogP contribution in [-0.2, 0) is 4.79 Å². The summed E-state index contributed by atoms with van der Waals surface area (Å²) in [5, 5.41) is 2.83. The predicted octanol–water partition coefficient (Wildman–Crippen LogP) is 4.34. The fourth-order valence-electron chi connectivity index (χ4n) is 1.86. The molecule has 1 aromatic heterocycles. The first-order chi connectivity index (χ1) is 11.0. The van der Waals surface area contributed by atoms with Gasteiger partial charge in [0.05, 0.1) is 13.4 Å². The van der Waals surface area contributed by atoms with Crippen LogP contribution in [-0.4, -0.2) is 13.0 Å². The first-order valence-corrected chi connectivity index (χ1v) is 7.58. The summed E-state index contributed by atoms with van der Waals surface area (Å²) in [6.45, 7) is 9.96. The van der Waals surface area contributed by atoms with Crippen molar-refractivity contribution in [1.29, 1.82) is 0 Å². The van der Waals surface area contributed by atoms with Crippen molar-refractivity contribution in [2.45, 2.75) is 26.8 Å². The van der Waals surface area contributed by atoms with Crippen molar-refractivity contribution in [3.63, 3.8) is 0 Å². The Morgan fingerprint density at radius 3 is 2.39 bits per heavy atom. The number of methoxy groups -OCH3 is 1. The second-order valence-corrected chi connectivity index (χ2v) is 5.64. The van der Waals surface area contributed by atoms with Gasteiger partial charge in [-0.3, -0.25) is 4.79 Å². The van der Waals surface area contributed by atoms with Crippen LogP contribution in [0.15, 0.2) is 59.7 Å². The molecule has 1 amide bonds. The SMILES string of the molecule is C=CC(=O)NC(c1ccco1)c1ccccc1OC.CC(C)C. The Hall–Kier alpha value is -2.49. The largest absolute Gasteiger partial charge is 0.496 e. The average molecular weight is 315 g/mol. The van der Waals surface area contributed by atoms with Gasteiger partial charge >= 0.3 is 0 Å². The number of ether oxygens (including phenoxy) is 1. The highest BCUT2D eigenvalue weighted by molar-refractivity contribution is 5.87. The van der Waals surface area contributed by atoms with E-state index in [1.54, 1.807) is 25.5 Å². The number of hydrogen-bond donors (Lipinski definition) is 1. The molecule has 0 aliphatic carbocycles. The summed E-state index contributed by atoms with van der Waals surface area (Å²) >= 11 is 0. The van der Waals surface area contributed by atoms with Gasteiger partial charge in [0.15, 0.2) is 0 Å². The number of rotatable bonds is 5. The van der Waals surface area contributed by atoms with Crippen molar-refractivity contribution in [1.82, 2.24) is 5.32 Å². The second kappa shape index (κ2) is 9.51. The number of nitrogens with one attached hydrogen (secondary N) is 1. The van der Waals surface area contributed by atoms with Gasteiger partial charge in [-0.1, -0.05) is 45.5 Å². The van der Waals surface area contributed by atoms with E-state index >= 15 is 0 Å². The Bertz CT molecular complexity index is 600. The van der Waals surface area contributed by atoms with Crippen LogP contribution in [0.25, 0.3) is 0 Å². The molecule has 1 unspecified atom stereocenters. The Kier molecular flexibility index (Phi) is 7.67. The van der Waals surface area contributed by atoms with Crippen LogP contribution in [0.1, 0.15) is 38.1 Å². The van der Waals surface area contributed by atoms with E-state index in [-0.39, 0.29) is 5.91 Å². The summed E-state index contributed by atoms with van der Waals surface area (Å²) in [5.41, 5.74) is 0.829. The normalized spacial score (nSPS) is 11.2. The maximum Gasteiger partial charge on any atom is 0.244 e. The van der Waals surface area contributed by atoms with E-state index in [2.05, 4.69) is 32.7 Å². The van der Waals surface area contributed by atoms with Crippen molar-refractivity contribution in [3.8, 4) is 5.75 Å². The molecule has 0 radical (unpaired) electrons. The molecular formula is C19H25NO3. The van der Waals surface area contributed by atoms with Crippen LogP contribution < -0.4 is 10.1 Å².